The first-order valence-electron chi connectivity index (χ1n) is 10.6. The standard InChI is InChI=1S/C25H27N3O2S/c1-18-6-8-19(9-7-18)14-23(29)27-15-21-17-28(16-20-4-2-3-5-22(20)21)25(30)11-10-24-26-12-13-31-24/h2-9,12-13,21H,10-11,14-17H2,1H3,(H,27,29). The van der Waals surface area contributed by atoms with E-state index in [4.69, 9.17) is 0 Å². The van der Waals surface area contributed by atoms with E-state index >= 15 is 0 Å². The van der Waals surface area contributed by atoms with Crippen molar-refractivity contribution in [1.82, 2.24) is 15.2 Å². The molecule has 1 unspecified atom stereocenters. The van der Waals surface area contributed by atoms with Gasteiger partial charge in [0.15, 0.2) is 0 Å². The SMILES string of the molecule is Cc1ccc(CC(=O)NCC2CN(C(=O)CCc3nccs3)Cc3ccccc32)cc1. The summed E-state index contributed by atoms with van der Waals surface area (Å²) in [6.07, 6.45) is 3.27. The van der Waals surface area contributed by atoms with Gasteiger partial charge < -0.3 is 10.2 Å². The van der Waals surface area contributed by atoms with Gasteiger partial charge in [0, 0.05) is 50.0 Å². The number of thiazole rings is 1. The maximum Gasteiger partial charge on any atom is 0.224 e. The summed E-state index contributed by atoms with van der Waals surface area (Å²) in [6.45, 7) is 3.81. The van der Waals surface area contributed by atoms with Crippen LogP contribution in [0, 0.1) is 6.92 Å². The number of aromatic nitrogens is 1. The van der Waals surface area contributed by atoms with Crippen molar-refractivity contribution in [1.29, 1.82) is 0 Å². The molecule has 2 amide bonds. The second kappa shape index (κ2) is 9.88. The van der Waals surface area contributed by atoms with E-state index < -0.39 is 0 Å². The van der Waals surface area contributed by atoms with Gasteiger partial charge in [0.25, 0.3) is 0 Å². The van der Waals surface area contributed by atoms with Gasteiger partial charge >= 0.3 is 0 Å². The lowest BCUT2D eigenvalue weighted by Crippen LogP contribution is -2.42. The summed E-state index contributed by atoms with van der Waals surface area (Å²) in [5, 5.41) is 6.01. The zero-order valence-corrected chi connectivity index (χ0v) is 18.5. The summed E-state index contributed by atoms with van der Waals surface area (Å²) >= 11 is 1.58. The third-order valence-corrected chi connectivity index (χ3v) is 6.56. The number of carbonyl (C=O) groups is 2. The molecule has 0 bridgehead atoms. The minimum atomic E-state index is 0.00792. The number of rotatable bonds is 7. The molecule has 31 heavy (non-hydrogen) atoms. The van der Waals surface area contributed by atoms with Crippen molar-refractivity contribution in [3.63, 3.8) is 0 Å². The van der Waals surface area contributed by atoms with Gasteiger partial charge in [0.1, 0.15) is 0 Å². The first-order valence-corrected chi connectivity index (χ1v) is 11.5. The van der Waals surface area contributed by atoms with Gasteiger partial charge in [-0.2, -0.15) is 0 Å². The highest BCUT2D eigenvalue weighted by molar-refractivity contribution is 7.09. The number of benzene rings is 2. The average molecular weight is 434 g/mol. The maximum absolute atomic E-state index is 12.9. The summed E-state index contributed by atoms with van der Waals surface area (Å²) in [6, 6.07) is 16.3. The van der Waals surface area contributed by atoms with Crippen molar-refractivity contribution in [2.45, 2.75) is 38.6 Å². The minimum absolute atomic E-state index is 0.00792. The Balaban J connectivity index is 1.38. The third-order valence-electron chi connectivity index (χ3n) is 5.72. The number of hydrogen-bond donors (Lipinski definition) is 1. The highest BCUT2D eigenvalue weighted by Crippen LogP contribution is 2.28. The lowest BCUT2D eigenvalue weighted by Gasteiger charge is -2.35. The van der Waals surface area contributed by atoms with Gasteiger partial charge in [-0.1, -0.05) is 54.1 Å². The molecule has 160 valence electrons. The molecule has 1 aromatic heterocycles. The average Bonchev–Trinajstić information content (AvgIpc) is 3.31. The summed E-state index contributed by atoms with van der Waals surface area (Å²) in [7, 11) is 0. The molecular formula is C25H27N3O2S. The smallest absolute Gasteiger partial charge is 0.224 e. The molecule has 1 aliphatic rings. The molecule has 0 fully saturated rings. The quantitative estimate of drug-likeness (QED) is 0.615. The van der Waals surface area contributed by atoms with Gasteiger partial charge in [0.05, 0.1) is 11.4 Å². The van der Waals surface area contributed by atoms with E-state index in [-0.39, 0.29) is 17.7 Å². The van der Waals surface area contributed by atoms with Crippen LogP contribution in [-0.4, -0.2) is 34.8 Å². The second-order valence-corrected chi connectivity index (χ2v) is 9.04. The minimum Gasteiger partial charge on any atom is -0.355 e. The van der Waals surface area contributed by atoms with Crippen molar-refractivity contribution in [3.8, 4) is 0 Å². The van der Waals surface area contributed by atoms with E-state index in [1.165, 1.54) is 11.1 Å². The summed E-state index contributed by atoms with van der Waals surface area (Å²) < 4.78 is 0. The van der Waals surface area contributed by atoms with Crippen molar-refractivity contribution < 1.29 is 9.59 Å². The molecule has 1 aliphatic heterocycles. The normalized spacial score (nSPS) is 15.4. The molecule has 0 saturated heterocycles. The number of nitrogens with zero attached hydrogens (tertiary/aromatic N) is 2. The fourth-order valence-corrected chi connectivity index (χ4v) is 4.64. The molecular weight excluding hydrogens is 406 g/mol. The van der Waals surface area contributed by atoms with Crippen molar-refractivity contribution in [2.24, 2.45) is 0 Å². The highest BCUT2D eigenvalue weighted by atomic mass is 32.1. The molecule has 6 heteroatoms. The van der Waals surface area contributed by atoms with Crippen LogP contribution in [0.3, 0.4) is 0 Å². The topological polar surface area (TPSA) is 62.3 Å². The van der Waals surface area contributed by atoms with Crippen LogP contribution in [0.4, 0.5) is 0 Å². The maximum atomic E-state index is 12.9. The molecule has 0 spiro atoms. The molecule has 3 aromatic rings. The molecule has 5 nitrogen and oxygen atoms in total. The summed E-state index contributed by atoms with van der Waals surface area (Å²) in [4.78, 5) is 31.6. The van der Waals surface area contributed by atoms with E-state index in [0.717, 1.165) is 16.1 Å². The molecule has 2 aromatic carbocycles. The predicted molar refractivity (Wildman–Crippen MR) is 123 cm³/mol. The second-order valence-electron chi connectivity index (χ2n) is 8.06. The van der Waals surface area contributed by atoms with Crippen LogP contribution in [0.1, 0.15) is 39.6 Å². The predicted octanol–water partition coefficient (Wildman–Crippen LogP) is 3.87. The van der Waals surface area contributed by atoms with E-state index in [0.29, 0.717) is 38.9 Å². The van der Waals surface area contributed by atoms with E-state index in [1.807, 2.05) is 53.6 Å². The molecule has 0 aliphatic carbocycles. The van der Waals surface area contributed by atoms with Gasteiger partial charge in [0.2, 0.25) is 11.8 Å². The van der Waals surface area contributed by atoms with Crippen LogP contribution < -0.4 is 5.32 Å². The third kappa shape index (κ3) is 5.58. The van der Waals surface area contributed by atoms with Crippen LogP contribution >= 0.6 is 11.3 Å². The molecule has 1 atom stereocenters. The Labute approximate surface area is 187 Å². The van der Waals surface area contributed by atoms with E-state index in [1.54, 1.807) is 17.5 Å². The van der Waals surface area contributed by atoms with Crippen LogP contribution in [-0.2, 0) is 29.0 Å². The van der Waals surface area contributed by atoms with Crippen LogP contribution in [0.25, 0.3) is 0 Å². The Morgan fingerprint density at radius 2 is 1.97 bits per heavy atom. The Kier molecular flexibility index (Phi) is 6.77. The van der Waals surface area contributed by atoms with Crippen LogP contribution in [0.5, 0.6) is 0 Å². The first kappa shape index (κ1) is 21.2. The highest BCUT2D eigenvalue weighted by Gasteiger charge is 2.28. The molecule has 1 N–H and O–H groups in total. The van der Waals surface area contributed by atoms with Crippen molar-refractivity contribution >= 4 is 23.2 Å². The molecule has 4 rings (SSSR count). The molecule has 0 radical (unpaired) electrons. The van der Waals surface area contributed by atoms with Crippen molar-refractivity contribution in [2.75, 3.05) is 13.1 Å². The van der Waals surface area contributed by atoms with Gasteiger partial charge in [-0.25, -0.2) is 4.98 Å². The Morgan fingerprint density at radius 3 is 2.74 bits per heavy atom. The Morgan fingerprint density at radius 1 is 1.16 bits per heavy atom. The van der Waals surface area contributed by atoms with Gasteiger partial charge in [-0.05, 0) is 23.6 Å². The van der Waals surface area contributed by atoms with Gasteiger partial charge in [-0.3, -0.25) is 9.59 Å². The molecule has 0 saturated carbocycles. The first-order chi connectivity index (χ1) is 15.1. The zero-order chi connectivity index (χ0) is 21.6. The summed E-state index contributed by atoms with van der Waals surface area (Å²) in [5.74, 6) is 0.241. The van der Waals surface area contributed by atoms with Crippen LogP contribution in [0.2, 0.25) is 0 Å². The molecule has 2 heterocycles. The number of amides is 2. The number of hydrogen-bond acceptors (Lipinski definition) is 4. The lowest BCUT2D eigenvalue weighted by atomic mass is 9.89. The number of aryl methyl sites for hydroxylation is 2. The Bertz CT molecular complexity index is 1030. The zero-order valence-electron chi connectivity index (χ0n) is 17.7. The van der Waals surface area contributed by atoms with Crippen LogP contribution in [0.15, 0.2) is 60.1 Å². The Hall–Kier alpha value is -2.99. The monoisotopic (exact) mass is 433 g/mol. The number of nitrogens with one attached hydrogen (secondary N) is 1. The largest absolute Gasteiger partial charge is 0.355 e. The van der Waals surface area contributed by atoms with Crippen molar-refractivity contribution in [3.05, 3.63) is 87.4 Å². The summed E-state index contributed by atoms with van der Waals surface area (Å²) in [5.41, 5.74) is 4.57. The fraction of sp³-hybridized carbons (Fsp3) is 0.320. The number of fused-ring (bicyclic) bond motifs is 1. The fourth-order valence-electron chi connectivity index (χ4n) is 4.01. The van der Waals surface area contributed by atoms with Gasteiger partial charge in [-0.15, -0.1) is 11.3 Å². The lowest BCUT2D eigenvalue weighted by molar-refractivity contribution is -0.132. The van der Waals surface area contributed by atoms with E-state index in [2.05, 4.69) is 22.4 Å². The van der Waals surface area contributed by atoms with E-state index in [9.17, 15) is 9.59 Å². The number of carbonyl (C=O) groups excluding carboxylic acids is 2.